The van der Waals surface area contributed by atoms with E-state index in [1.807, 2.05) is 11.4 Å². The maximum atomic E-state index is 11.7. The van der Waals surface area contributed by atoms with E-state index in [9.17, 15) is 4.79 Å². The van der Waals surface area contributed by atoms with E-state index in [0.717, 1.165) is 11.4 Å². The van der Waals surface area contributed by atoms with Gasteiger partial charge < -0.3 is 5.32 Å². The summed E-state index contributed by atoms with van der Waals surface area (Å²) in [4.78, 5) is 15.9. The summed E-state index contributed by atoms with van der Waals surface area (Å²) in [5.41, 5.74) is 3.59. The number of amides is 2. The number of thiazole rings is 1. The largest absolute Gasteiger partial charge is 0.337 e. The maximum Gasteiger partial charge on any atom is 0.320 e. The number of hydrogen-bond donors (Lipinski definition) is 2. The summed E-state index contributed by atoms with van der Waals surface area (Å²) in [7, 11) is 0. The van der Waals surface area contributed by atoms with Crippen LogP contribution in [0.3, 0.4) is 0 Å². The van der Waals surface area contributed by atoms with Crippen LogP contribution in [-0.2, 0) is 11.8 Å². The van der Waals surface area contributed by atoms with Gasteiger partial charge in [0, 0.05) is 23.8 Å². The summed E-state index contributed by atoms with van der Waals surface area (Å²) in [6, 6.07) is 3.34. The Morgan fingerprint density at radius 3 is 2.67 bits per heavy atom. The average molecular weight is 305 g/mol. The van der Waals surface area contributed by atoms with Gasteiger partial charge in [0.25, 0.3) is 0 Å². The van der Waals surface area contributed by atoms with E-state index in [1.165, 1.54) is 0 Å². The molecule has 2 rings (SSSR count). The van der Waals surface area contributed by atoms with Gasteiger partial charge in [0.05, 0.1) is 16.9 Å². The molecule has 0 radical (unpaired) electrons. The van der Waals surface area contributed by atoms with Crippen LogP contribution in [0.15, 0.2) is 23.0 Å². The fourth-order valence-electron chi connectivity index (χ4n) is 1.62. The summed E-state index contributed by atoms with van der Waals surface area (Å²) >= 11 is 1.55. The summed E-state index contributed by atoms with van der Waals surface area (Å²) in [5.74, 6) is 0.439. The van der Waals surface area contributed by atoms with Crippen molar-refractivity contribution >= 4 is 23.2 Å². The lowest BCUT2D eigenvalue weighted by atomic mass is 9.92. The van der Waals surface area contributed by atoms with E-state index in [4.69, 9.17) is 0 Å². The minimum Gasteiger partial charge on any atom is -0.337 e. The fourth-order valence-corrected chi connectivity index (χ4v) is 2.22. The number of carbonyl (C=O) groups excluding carboxylic acids is 1. The second-order valence-electron chi connectivity index (χ2n) is 5.66. The van der Waals surface area contributed by atoms with E-state index in [2.05, 4.69) is 46.6 Å². The molecule has 21 heavy (non-hydrogen) atoms. The highest BCUT2D eigenvalue weighted by molar-refractivity contribution is 7.07. The molecule has 0 aliphatic heterocycles. The first-order valence-corrected chi connectivity index (χ1v) is 7.65. The SMILES string of the molecule is CC(C)(C)c1ccc(NC(=O)NCCc2cscn2)nn1. The number of aromatic nitrogens is 3. The predicted octanol–water partition coefficient (Wildman–Crippen LogP) is 2.59. The highest BCUT2D eigenvalue weighted by Crippen LogP contribution is 2.19. The summed E-state index contributed by atoms with van der Waals surface area (Å²) < 4.78 is 0. The Labute approximate surface area is 128 Å². The van der Waals surface area contributed by atoms with E-state index < -0.39 is 0 Å². The zero-order valence-electron chi connectivity index (χ0n) is 12.4. The van der Waals surface area contributed by atoms with Crippen molar-refractivity contribution in [3.63, 3.8) is 0 Å². The molecule has 0 fully saturated rings. The molecule has 2 amide bonds. The lowest BCUT2D eigenvalue weighted by Gasteiger charge is -2.16. The summed E-state index contributed by atoms with van der Waals surface area (Å²) in [6.07, 6.45) is 0.714. The van der Waals surface area contributed by atoms with Crippen LogP contribution in [-0.4, -0.2) is 27.8 Å². The van der Waals surface area contributed by atoms with Gasteiger partial charge in [-0.1, -0.05) is 20.8 Å². The van der Waals surface area contributed by atoms with Crippen LogP contribution in [0.4, 0.5) is 10.6 Å². The lowest BCUT2D eigenvalue weighted by Crippen LogP contribution is -2.31. The Balaban J connectivity index is 1.79. The monoisotopic (exact) mass is 305 g/mol. The third-order valence-electron chi connectivity index (χ3n) is 2.82. The first-order chi connectivity index (χ1) is 9.95. The van der Waals surface area contributed by atoms with Gasteiger partial charge >= 0.3 is 6.03 Å². The highest BCUT2D eigenvalue weighted by Gasteiger charge is 2.15. The topological polar surface area (TPSA) is 79.8 Å². The molecule has 0 saturated heterocycles. The number of anilines is 1. The number of rotatable bonds is 4. The molecule has 0 unspecified atom stereocenters. The molecular weight excluding hydrogens is 286 g/mol. The van der Waals surface area contributed by atoms with Gasteiger partial charge in [-0.3, -0.25) is 5.32 Å². The smallest absolute Gasteiger partial charge is 0.320 e. The number of nitrogens with one attached hydrogen (secondary N) is 2. The van der Waals surface area contributed by atoms with E-state index >= 15 is 0 Å². The van der Waals surface area contributed by atoms with Gasteiger partial charge in [-0.25, -0.2) is 9.78 Å². The van der Waals surface area contributed by atoms with Gasteiger partial charge in [-0.15, -0.1) is 16.4 Å². The molecular formula is C14H19N5OS. The lowest BCUT2D eigenvalue weighted by molar-refractivity contribution is 0.252. The average Bonchev–Trinajstić information content (AvgIpc) is 2.91. The van der Waals surface area contributed by atoms with Gasteiger partial charge in [0.2, 0.25) is 0 Å². The van der Waals surface area contributed by atoms with Gasteiger partial charge in [-0.2, -0.15) is 5.10 Å². The molecule has 0 aliphatic carbocycles. The van der Waals surface area contributed by atoms with Crippen molar-refractivity contribution in [3.8, 4) is 0 Å². The Hall–Kier alpha value is -2.02. The third-order valence-corrected chi connectivity index (χ3v) is 3.46. The Bertz CT molecular complexity index is 574. The number of carbonyl (C=O) groups is 1. The first-order valence-electron chi connectivity index (χ1n) is 6.71. The zero-order valence-corrected chi connectivity index (χ0v) is 13.2. The van der Waals surface area contributed by atoms with Crippen molar-refractivity contribution in [2.24, 2.45) is 0 Å². The van der Waals surface area contributed by atoms with E-state index in [-0.39, 0.29) is 11.4 Å². The second-order valence-corrected chi connectivity index (χ2v) is 6.38. The van der Waals surface area contributed by atoms with Gasteiger partial charge in [-0.05, 0) is 12.1 Å². The summed E-state index contributed by atoms with van der Waals surface area (Å²) in [5, 5.41) is 15.5. The van der Waals surface area contributed by atoms with Crippen molar-refractivity contribution in [2.75, 3.05) is 11.9 Å². The van der Waals surface area contributed by atoms with Crippen LogP contribution >= 0.6 is 11.3 Å². The van der Waals surface area contributed by atoms with E-state index in [0.29, 0.717) is 18.8 Å². The van der Waals surface area contributed by atoms with Crippen molar-refractivity contribution in [1.82, 2.24) is 20.5 Å². The van der Waals surface area contributed by atoms with Crippen molar-refractivity contribution in [2.45, 2.75) is 32.6 Å². The fraction of sp³-hybridized carbons (Fsp3) is 0.429. The van der Waals surface area contributed by atoms with Crippen LogP contribution in [0.5, 0.6) is 0 Å². The minimum atomic E-state index is -0.289. The molecule has 0 saturated carbocycles. The van der Waals surface area contributed by atoms with Crippen LogP contribution in [0, 0.1) is 0 Å². The highest BCUT2D eigenvalue weighted by atomic mass is 32.1. The molecule has 0 atom stereocenters. The van der Waals surface area contributed by atoms with Crippen LogP contribution in [0.2, 0.25) is 0 Å². The molecule has 0 bridgehead atoms. The molecule has 2 N–H and O–H groups in total. The third kappa shape index (κ3) is 4.78. The van der Waals surface area contributed by atoms with Crippen molar-refractivity contribution in [1.29, 1.82) is 0 Å². The number of urea groups is 1. The number of nitrogens with zero attached hydrogens (tertiary/aromatic N) is 3. The molecule has 0 aliphatic rings. The second kappa shape index (κ2) is 6.62. The van der Waals surface area contributed by atoms with Gasteiger partial charge in [0.1, 0.15) is 0 Å². The molecule has 2 aromatic heterocycles. The van der Waals surface area contributed by atoms with Crippen LogP contribution in [0.25, 0.3) is 0 Å². The molecule has 0 aromatic carbocycles. The Kier molecular flexibility index (Phi) is 4.85. The van der Waals surface area contributed by atoms with Crippen LogP contribution < -0.4 is 10.6 Å². The predicted molar refractivity (Wildman–Crippen MR) is 83.6 cm³/mol. The molecule has 7 heteroatoms. The van der Waals surface area contributed by atoms with Crippen LogP contribution in [0.1, 0.15) is 32.2 Å². The quantitative estimate of drug-likeness (QED) is 0.910. The van der Waals surface area contributed by atoms with Crippen molar-refractivity contribution in [3.05, 3.63) is 34.4 Å². The number of hydrogen-bond acceptors (Lipinski definition) is 5. The molecule has 112 valence electrons. The zero-order chi connectivity index (χ0) is 15.3. The minimum absolute atomic E-state index is 0.0542. The van der Waals surface area contributed by atoms with Crippen molar-refractivity contribution < 1.29 is 4.79 Å². The normalized spacial score (nSPS) is 11.2. The summed E-state index contributed by atoms with van der Waals surface area (Å²) in [6.45, 7) is 6.73. The Morgan fingerprint density at radius 1 is 1.29 bits per heavy atom. The van der Waals surface area contributed by atoms with E-state index in [1.54, 1.807) is 22.9 Å². The standard InChI is InChI=1S/C14H19N5OS/c1-14(2,3)11-4-5-12(19-18-11)17-13(20)15-7-6-10-8-21-9-16-10/h4-5,8-9H,6-7H2,1-3H3,(H2,15,17,19,20). The molecule has 2 aromatic rings. The van der Waals surface area contributed by atoms with Gasteiger partial charge in [0.15, 0.2) is 5.82 Å². The molecule has 6 nitrogen and oxygen atoms in total. The maximum absolute atomic E-state index is 11.7. The molecule has 0 spiro atoms. The first kappa shape index (κ1) is 15.4. The molecule has 2 heterocycles. The Morgan fingerprint density at radius 2 is 2.10 bits per heavy atom.